The lowest BCUT2D eigenvalue weighted by Gasteiger charge is -2.34. The molecule has 32 heavy (non-hydrogen) atoms. The Labute approximate surface area is 185 Å². The van der Waals surface area contributed by atoms with Crippen LogP contribution in [-0.4, -0.2) is 70.6 Å². The van der Waals surface area contributed by atoms with Gasteiger partial charge >= 0.3 is 0 Å². The van der Waals surface area contributed by atoms with Crippen molar-refractivity contribution in [3.63, 3.8) is 0 Å². The van der Waals surface area contributed by atoms with Crippen LogP contribution < -0.4 is 15.0 Å². The van der Waals surface area contributed by atoms with Gasteiger partial charge in [0.05, 0.1) is 39.0 Å². The standard InChI is InChI=1S/C22H28N6O4/c1-30-18-12-14-11-16(22(29)23-17(14)13-19(18)31-2)20(27-7-9-32-10-8-27)21-24-25-26-28(21)15-5-3-4-6-15/h11-13,15,20H,3-10H2,1-2H3,(H,23,29)/t20-/m1/s1. The Balaban J connectivity index is 1.65. The van der Waals surface area contributed by atoms with Gasteiger partial charge in [-0.1, -0.05) is 12.8 Å². The number of hydrogen-bond donors (Lipinski definition) is 1. The lowest BCUT2D eigenvalue weighted by atomic mass is 10.0. The Morgan fingerprint density at radius 2 is 1.81 bits per heavy atom. The van der Waals surface area contributed by atoms with Gasteiger partial charge in [-0.2, -0.15) is 0 Å². The highest BCUT2D eigenvalue weighted by Gasteiger charge is 2.34. The van der Waals surface area contributed by atoms with Crippen LogP contribution in [0.2, 0.25) is 0 Å². The molecule has 10 heteroatoms. The van der Waals surface area contributed by atoms with E-state index in [1.807, 2.05) is 16.8 Å². The molecule has 1 saturated carbocycles. The largest absolute Gasteiger partial charge is 0.493 e. The van der Waals surface area contributed by atoms with Gasteiger partial charge in [0, 0.05) is 30.1 Å². The number of morpholine rings is 1. The molecule has 1 N–H and O–H groups in total. The van der Waals surface area contributed by atoms with Crippen molar-refractivity contribution in [3.05, 3.63) is 39.9 Å². The third kappa shape index (κ3) is 3.73. The van der Waals surface area contributed by atoms with Crippen LogP contribution in [0.4, 0.5) is 0 Å². The van der Waals surface area contributed by atoms with Gasteiger partial charge in [0.1, 0.15) is 6.04 Å². The minimum absolute atomic E-state index is 0.165. The van der Waals surface area contributed by atoms with E-state index in [1.165, 1.54) is 12.8 Å². The maximum Gasteiger partial charge on any atom is 0.253 e. The summed E-state index contributed by atoms with van der Waals surface area (Å²) in [5, 5.41) is 13.6. The van der Waals surface area contributed by atoms with Crippen LogP contribution >= 0.6 is 0 Å². The monoisotopic (exact) mass is 440 g/mol. The van der Waals surface area contributed by atoms with Crippen LogP contribution in [0.5, 0.6) is 11.5 Å². The zero-order chi connectivity index (χ0) is 22.1. The second kappa shape index (κ2) is 8.87. The molecule has 1 saturated heterocycles. The number of fused-ring (bicyclic) bond motifs is 1. The number of pyridine rings is 1. The van der Waals surface area contributed by atoms with Crippen LogP contribution in [0.15, 0.2) is 23.0 Å². The van der Waals surface area contributed by atoms with Crippen LogP contribution in [0.25, 0.3) is 10.9 Å². The average Bonchev–Trinajstić information content (AvgIpc) is 3.52. The third-order valence-corrected chi connectivity index (χ3v) is 6.52. The Hall–Kier alpha value is -2.98. The van der Waals surface area contributed by atoms with Gasteiger partial charge in [-0.3, -0.25) is 9.69 Å². The van der Waals surface area contributed by atoms with Crippen molar-refractivity contribution in [1.29, 1.82) is 0 Å². The summed E-state index contributed by atoms with van der Waals surface area (Å²) in [6.07, 6.45) is 4.45. The molecular weight excluding hydrogens is 412 g/mol. The number of aromatic amines is 1. The highest BCUT2D eigenvalue weighted by Crippen LogP contribution is 2.35. The molecule has 1 atom stereocenters. The van der Waals surface area contributed by atoms with Crippen molar-refractivity contribution >= 4 is 10.9 Å². The number of benzene rings is 1. The quantitative estimate of drug-likeness (QED) is 0.621. The van der Waals surface area contributed by atoms with E-state index in [1.54, 1.807) is 20.3 Å². The smallest absolute Gasteiger partial charge is 0.253 e. The summed E-state index contributed by atoms with van der Waals surface area (Å²) in [4.78, 5) is 18.6. The number of methoxy groups -OCH3 is 2. The van der Waals surface area contributed by atoms with Gasteiger partial charge in [0.25, 0.3) is 5.56 Å². The van der Waals surface area contributed by atoms with Gasteiger partial charge < -0.3 is 19.2 Å². The fraction of sp³-hybridized carbons (Fsp3) is 0.545. The van der Waals surface area contributed by atoms with Gasteiger partial charge in [-0.15, -0.1) is 5.10 Å². The first kappa shape index (κ1) is 20.9. The number of hydrogen-bond acceptors (Lipinski definition) is 8. The average molecular weight is 441 g/mol. The van der Waals surface area contributed by atoms with Gasteiger partial charge in [-0.25, -0.2) is 4.68 Å². The predicted octanol–water partition coefficient (Wildman–Crippen LogP) is 2.07. The molecule has 2 aromatic heterocycles. The van der Waals surface area contributed by atoms with Crippen molar-refractivity contribution in [2.75, 3.05) is 40.5 Å². The molecule has 3 aromatic rings. The molecule has 1 aromatic carbocycles. The Kier molecular flexibility index (Phi) is 5.79. The summed E-state index contributed by atoms with van der Waals surface area (Å²) in [6, 6.07) is 5.49. The van der Waals surface area contributed by atoms with E-state index >= 15 is 0 Å². The molecule has 0 bridgehead atoms. The van der Waals surface area contributed by atoms with E-state index in [-0.39, 0.29) is 17.6 Å². The number of nitrogens with one attached hydrogen (secondary N) is 1. The first-order valence-electron chi connectivity index (χ1n) is 11.1. The molecule has 0 amide bonds. The number of tetrazole rings is 1. The summed E-state index contributed by atoms with van der Waals surface area (Å²) in [6.45, 7) is 2.62. The van der Waals surface area contributed by atoms with Crippen molar-refractivity contribution in [2.24, 2.45) is 0 Å². The molecule has 0 radical (unpaired) electrons. The third-order valence-electron chi connectivity index (χ3n) is 6.52. The number of nitrogens with zero attached hydrogens (tertiary/aromatic N) is 5. The number of rotatable bonds is 6. The van der Waals surface area contributed by atoms with Crippen LogP contribution in [0.3, 0.4) is 0 Å². The molecule has 1 aliphatic carbocycles. The lowest BCUT2D eigenvalue weighted by molar-refractivity contribution is 0.0211. The number of ether oxygens (including phenoxy) is 3. The van der Waals surface area contributed by atoms with Gasteiger partial charge in [-0.05, 0) is 35.4 Å². The molecule has 10 nitrogen and oxygen atoms in total. The SMILES string of the molecule is COc1cc2cc([C@H](c3nnnn3C3CCCC3)N3CCOCC3)c(=O)[nH]c2cc1OC. The minimum Gasteiger partial charge on any atom is -0.493 e. The number of H-pyrrole nitrogens is 1. The van der Waals surface area contributed by atoms with Gasteiger partial charge in [0.2, 0.25) is 0 Å². The van der Waals surface area contributed by atoms with Crippen LogP contribution in [0.1, 0.15) is 49.2 Å². The second-order valence-corrected chi connectivity index (χ2v) is 8.32. The summed E-state index contributed by atoms with van der Waals surface area (Å²) < 4.78 is 18.4. The van der Waals surface area contributed by atoms with E-state index in [9.17, 15) is 4.79 Å². The van der Waals surface area contributed by atoms with Crippen molar-refractivity contribution in [2.45, 2.75) is 37.8 Å². The zero-order valence-corrected chi connectivity index (χ0v) is 18.4. The summed E-state index contributed by atoms with van der Waals surface area (Å²) >= 11 is 0. The summed E-state index contributed by atoms with van der Waals surface area (Å²) in [7, 11) is 3.18. The molecule has 0 unspecified atom stereocenters. The Bertz CT molecular complexity index is 1150. The minimum atomic E-state index is -0.365. The predicted molar refractivity (Wildman–Crippen MR) is 117 cm³/mol. The fourth-order valence-corrected chi connectivity index (χ4v) is 4.88. The van der Waals surface area contributed by atoms with E-state index in [0.29, 0.717) is 54.7 Å². The van der Waals surface area contributed by atoms with E-state index < -0.39 is 0 Å². The molecular formula is C22H28N6O4. The van der Waals surface area contributed by atoms with Crippen molar-refractivity contribution in [3.8, 4) is 11.5 Å². The second-order valence-electron chi connectivity index (χ2n) is 8.32. The zero-order valence-electron chi connectivity index (χ0n) is 18.4. The highest BCUT2D eigenvalue weighted by molar-refractivity contribution is 5.83. The Morgan fingerprint density at radius 1 is 1.09 bits per heavy atom. The first-order valence-corrected chi connectivity index (χ1v) is 11.1. The number of aromatic nitrogens is 5. The molecule has 3 heterocycles. The van der Waals surface area contributed by atoms with Crippen molar-refractivity contribution in [1.82, 2.24) is 30.1 Å². The topological polar surface area (TPSA) is 107 Å². The Morgan fingerprint density at radius 3 is 2.53 bits per heavy atom. The first-order chi connectivity index (χ1) is 15.7. The molecule has 170 valence electrons. The molecule has 5 rings (SSSR count). The molecule has 0 spiro atoms. The van der Waals surface area contributed by atoms with E-state index in [4.69, 9.17) is 14.2 Å². The van der Waals surface area contributed by atoms with Gasteiger partial charge in [0.15, 0.2) is 17.3 Å². The van der Waals surface area contributed by atoms with E-state index in [2.05, 4.69) is 25.4 Å². The summed E-state index contributed by atoms with van der Waals surface area (Å²) in [5.74, 6) is 1.89. The van der Waals surface area contributed by atoms with E-state index in [0.717, 1.165) is 18.2 Å². The van der Waals surface area contributed by atoms with Crippen LogP contribution in [-0.2, 0) is 4.74 Å². The summed E-state index contributed by atoms with van der Waals surface area (Å²) in [5.41, 5.74) is 1.13. The molecule has 1 aliphatic heterocycles. The van der Waals surface area contributed by atoms with Crippen LogP contribution in [0, 0.1) is 0 Å². The normalized spacial score (nSPS) is 18.8. The molecule has 2 fully saturated rings. The fourth-order valence-electron chi connectivity index (χ4n) is 4.88. The highest BCUT2D eigenvalue weighted by atomic mass is 16.5. The lowest BCUT2D eigenvalue weighted by Crippen LogP contribution is -2.42. The maximum atomic E-state index is 13.3. The van der Waals surface area contributed by atoms with Crippen molar-refractivity contribution < 1.29 is 14.2 Å². The maximum absolute atomic E-state index is 13.3. The molecule has 2 aliphatic rings.